The summed E-state index contributed by atoms with van der Waals surface area (Å²) in [6, 6.07) is 16.8. The molecule has 4 rings (SSSR count). The number of benzene rings is 2. The van der Waals surface area contributed by atoms with Gasteiger partial charge in [0.2, 0.25) is 0 Å². The molecular formula is C31H34ClN5O5S4. The first-order chi connectivity index (χ1) is 21.8. The number of carboxylic acid groups (broad SMARTS) is 1. The Balaban J connectivity index is 0.000000250. The van der Waals surface area contributed by atoms with Crippen LogP contribution < -0.4 is 16.4 Å². The molecular weight excluding hydrogens is 686 g/mol. The molecule has 1 unspecified atom stereocenters. The second-order valence-corrected chi connectivity index (χ2v) is 14.5. The number of rotatable bonds is 10. The molecule has 15 heteroatoms. The fourth-order valence-corrected chi connectivity index (χ4v) is 8.37. The van der Waals surface area contributed by atoms with E-state index in [1.54, 1.807) is 51.4 Å². The van der Waals surface area contributed by atoms with Crippen molar-refractivity contribution >= 4 is 91.7 Å². The minimum absolute atomic E-state index is 0.113. The molecule has 5 amide bonds. The summed E-state index contributed by atoms with van der Waals surface area (Å²) in [5.74, 6) is -1.05. The number of carboxylic acids is 1. The van der Waals surface area contributed by atoms with Crippen LogP contribution in [0.3, 0.4) is 0 Å². The van der Waals surface area contributed by atoms with Crippen molar-refractivity contribution in [1.29, 1.82) is 0 Å². The monoisotopic (exact) mass is 719 g/mol. The lowest BCUT2D eigenvalue weighted by Crippen LogP contribution is -2.28. The molecule has 0 bridgehead atoms. The molecule has 2 aromatic carbocycles. The topological polar surface area (TPSA) is 145 Å². The van der Waals surface area contributed by atoms with Crippen LogP contribution >= 0.6 is 57.8 Å². The molecule has 2 heterocycles. The summed E-state index contributed by atoms with van der Waals surface area (Å²) in [6.07, 6.45) is 0. The number of anilines is 2. The van der Waals surface area contributed by atoms with Gasteiger partial charge < -0.3 is 20.6 Å². The van der Waals surface area contributed by atoms with Crippen LogP contribution in [0.1, 0.15) is 44.0 Å². The van der Waals surface area contributed by atoms with Gasteiger partial charge in [-0.2, -0.15) is 0 Å². The second-order valence-electron chi connectivity index (χ2n) is 9.98. The molecule has 5 N–H and O–H groups in total. The number of carbonyl (C=O) groups is 4. The van der Waals surface area contributed by atoms with E-state index in [2.05, 4.69) is 17.6 Å². The lowest BCUT2D eigenvalue weighted by Gasteiger charge is -2.13. The summed E-state index contributed by atoms with van der Waals surface area (Å²) in [5, 5.41) is 20.0. The molecule has 244 valence electrons. The maximum absolute atomic E-state index is 11.8. The van der Waals surface area contributed by atoms with Crippen LogP contribution in [-0.4, -0.2) is 67.0 Å². The van der Waals surface area contributed by atoms with E-state index in [1.165, 1.54) is 44.2 Å². The van der Waals surface area contributed by atoms with Crippen LogP contribution in [0.5, 0.6) is 0 Å². The smallest absolute Gasteiger partial charge is 0.339 e. The number of thiophene rings is 2. The maximum Gasteiger partial charge on any atom is 0.339 e. The molecule has 1 atom stereocenters. The molecule has 4 aromatic rings. The van der Waals surface area contributed by atoms with E-state index in [-0.39, 0.29) is 22.9 Å². The number of nitrogens with zero attached hydrogens (tertiary/aromatic N) is 2. The Morgan fingerprint density at radius 3 is 1.89 bits per heavy atom. The van der Waals surface area contributed by atoms with Crippen LogP contribution in [-0.2, 0) is 5.75 Å². The van der Waals surface area contributed by atoms with Crippen molar-refractivity contribution in [3.63, 3.8) is 0 Å². The average molecular weight is 720 g/mol. The van der Waals surface area contributed by atoms with Gasteiger partial charge in [0.25, 0.3) is 5.91 Å². The van der Waals surface area contributed by atoms with Gasteiger partial charge in [0.15, 0.2) is 0 Å². The number of nitrogens with two attached hydrogens (primary N) is 1. The van der Waals surface area contributed by atoms with Gasteiger partial charge in [0, 0.05) is 64.8 Å². The molecule has 0 aliphatic heterocycles. The second kappa shape index (κ2) is 17.3. The largest absolute Gasteiger partial charge is 0.478 e. The highest BCUT2D eigenvalue weighted by Gasteiger charge is 2.22. The van der Waals surface area contributed by atoms with Crippen LogP contribution in [0.25, 0.3) is 0 Å². The van der Waals surface area contributed by atoms with Gasteiger partial charge in [-0.25, -0.2) is 14.4 Å². The fourth-order valence-electron chi connectivity index (χ4n) is 3.67. The molecule has 0 spiro atoms. The first-order valence-corrected chi connectivity index (χ1v) is 17.6. The van der Waals surface area contributed by atoms with Gasteiger partial charge in [-0.3, -0.25) is 15.4 Å². The van der Waals surface area contributed by atoms with Crippen LogP contribution in [0.4, 0.5) is 19.6 Å². The predicted molar refractivity (Wildman–Crippen MR) is 191 cm³/mol. The normalized spacial score (nSPS) is 11.1. The molecule has 0 fully saturated rings. The van der Waals surface area contributed by atoms with Crippen LogP contribution in [0, 0.1) is 0 Å². The summed E-state index contributed by atoms with van der Waals surface area (Å²) in [6.45, 7) is 2.07. The zero-order valence-electron chi connectivity index (χ0n) is 25.7. The van der Waals surface area contributed by atoms with E-state index in [0.717, 1.165) is 16.0 Å². The van der Waals surface area contributed by atoms with Crippen molar-refractivity contribution in [3.8, 4) is 0 Å². The number of hydrogen-bond donors (Lipinski definition) is 4. The highest BCUT2D eigenvalue weighted by Crippen LogP contribution is 2.42. The Bertz CT molecular complexity index is 1680. The molecule has 10 nitrogen and oxygen atoms in total. The van der Waals surface area contributed by atoms with E-state index in [1.807, 2.05) is 53.9 Å². The number of aromatic carboxylic acids is 1. The lowest BCUT2D eigenvalue weighted by atomic mass is 10.2. The maximum atomic E-state index is 11.8. The molecule has 2 aromatic heterocycles. The third-order valence-electron chi connectivity index (χ3n) is 6.14. The Hall–Kier alpha value is -3.69. The Labute approximate surface area is 289 Å². The number of halogens is 1. The summed E-state index contributed by atoms with van der Waals surface area (Å²) in [5.41, 5.74) is 8.10. The summed E-state index contributed by atoms with van der Waals surface area (Å²) >= 11 is 11.5. The SMILES string of the molecule is CC(Sc1csc(NC(=O)N(C)C)c1C(N)=O)c1ccccc1.CN(C)C(=O)Nc1scc(SCc2ccccc2Cl)c1C(=O)O. The number of nitrogens with one attached hydrogen (secondary N) is 2. The number of thioether (sulfide) groups is 2. The number of primary amides is 1. The van der Waals surface area contributed by atoms with E-state index in [9.17, 15) is 24.3 Å². The number of urea groups is 2. The van der Waals surface area contributed by atoms with Crippen LogP contribution in [0.2, 0.25) is 5.02 Å². The number of carbonyl (C=O) groups excluding carboxylic acids is 3. The van der Waals surface area contributed by atoms with Gasteiger partial charge in [-0.1, -0.05) is 60.1 Å². The third-order valence-corrected chi connectivity index (χ3v) is 10.9. The number of amides is 5. The molecule has 0 aliphatic rings. The van der Waals surface area contributed by atoms with Crippen molar-refractivity contribution in [3.05, 3.63) is 92.6 Å². The summed E-state index contributed by atoms with van der Waals surface area (Å²) in [4.78, 5) is 51.0. The molecule has 0 aliphatic carbocycles. The highest BCUT2D eigenvalue weighted by atomic mass is 35.5. The summed E-state index contributed by atoms with van der Waals surface area (Å²) in [7, 11) is 6.47. The standard InChI is InChI=1S/C16H19N3O2S2.C15H15ClN2O3S2/c1-10(11-7-5-4-6-8-11)23-12-9-22-15(13(12)14(17)20)18-16(21)19(2)3;1-18(2)15(21)17-13-12(14(19)20)11(8-23-13)22-7-9-5-3-4-6-10(9)16/h4-10H,1-3H3,(H2,17,20)(H,18,21);3-6,8H,7H2,1-2H3,(H,17,21)(H,19,20). The minimum Gasteiger partial charge on any atom is -0.478 e. The lowest BCUT2D eigenvalue weighted by molar-refractivity contribution is 0.0694. The Kier molecular flexibility index (Phi) is 13.8. The van der Waals surface area contributed by atoms with Crippen LogP contribution in [0.15, 0.2) is 75.1 Å². The van der Waals surface area contributed by atoms with Gasteiger partial charge >= 0.3 is 18.0 Å². The van der Waals surface area contributed by atoms with Gasteiger partial charge in [0.1, 0.15) is 15.6 Å². The van der Waals surface area contributed by atoms with Gasteiger partial charge in [-0.15, -0.1) is 46.2 Å². The first-order valence-electron chi connectivity index (χ1n) is 13.6. The fraction of sp³-hybridized carbons (Fsp3) is 0.226. The third kappa shape index (κ3) is 10.2. The van der Waals surface area contributed by atoms with E-state index >= 15 is 0 Å². The van der Waals surface area contributed by atoms with E-state index in [4.69, 9.17) is 17.3 Å². The molecule has 0 saturated carbocycles. The summed E-state index contributed by atoms with van der Waals surface area (Å²) < 4.78 is 0. The quantitative estimate of drug-likeness (QED) is 0.121. The van der Waals surface area contributed by atoms with E-state index in [0.29, 0.717) is 31.2 Å². The van der Waals surface area contributed by atoms with Gasteiger partial charge in [-0.05, 0) is 24.1 Å². The van der Waals surface area contributed by atoms with E-state index < -0.39 is 11.9 Å². The zero-order valence-corrected chi connectivity index (χ0v) is 29.7. The van der Waals surface area contributed by atoms with Gasteiger partial charge in [0.05, 0.1) is 5.56 Å². The van der Waals surface area contributed by atoms with Crippen molar-refractivity contribution in [2.75, 3.05) is 38.8 Å². The average Bonchev–Trinajstić information content (AvgIpc) is 3.60. The highest BCUT2D eigenvalue weighted by molar-refractivity contribution is 7.99. The van der Waals surface area contributed by atoms with Crippen molar-refractivity contribution < 1.29 is 24.3 Å². The predicted octanol–water partition coefficient (Wildman–Crippen LogP) is 8.28. The number of hydrogen-bond acceptors (Lipinski definition) is 8. The zero-order chi connectivity index (χ0) is 34.0. The van der Waals surface area contributed by atoms with Crippen molar-refractivity contribution in [2.24, 2.45) is 5.73 Å². The molecule has 0 radical (unpaired) electrons. The first kappa shape index (κ1) is 36.8. The Morgan fingerprint density at radius 2 is 1.37 bits per heavy atom. The Morgan fingerprint density at radius 1 is 0.848 bits per heavy atom. The van der Waals surface area contributed by atoms with Crippen molar-refractivity contribution in [1.82, 2.24) is 9.80 Å². The minimum atomic E-state index is -1.07. The molecule has 0 saturated heterocycles. The van der Waals surface area contributed by atoms with Crippen molar-refractivity contribution in [2.45, 2.75) is 27.7 Å². The molecule has 46 heavy (non-hydrogen) atoms.